The molecular formula is C18H25NOS. The van der Waals surface area contributed by atoms with E-state index in [0.717, 1.165) is 38.2 Å². The molecule has 0 radical (unpaired) electrons. The van der Waals surface area contributed by atoms with Crippen LogP contribution in [0.25, 0.3) is 0 Å². The summed E-state index contributed by atoms with van der Waals surface area (Å²) in [5.41, 5.74) is 1.31. The van der Waals surface area contributed by atoms with E-state index in [1.807, 2.05) is 17.4 Å². The summed E-state index contributed by atoms with van der Waals surface area (Å²) in [4.78, 5) is 1.42. The molecule has 0 aliphatic carbocycles. The summed E-state index contributed by atoms with van der Waals surface area (Å²) in [5.74, 6) is 0.976. The zero-order valence-corrected chi connectivity index (χ0v) is 13.8. The summed E-state index contributed by atoms with van der Waals surface area (Å²) in [6.07, 6.45) is 3.22. The van der Waals surface area contributed by atoms with Crippen molar-refractivity contribution in [2.75, 3.05) is 13.2 Å². The molecule has 1 heterocycles. The Labute approximate surface area is 132 Å². The lowest BCUT2D eigenvalue weighted by Crippen LogP contribution is -2.23. The maximum absolute atomic E-state index is 5.76. The minimum absolute atomic E-state index is 0.355. The van der Waals surface area contributed by atoms with Crippen molar-refractivity contribution in [3.05, 3.63) is 52.2 Å². The van der Waals surface area contributed by atoms with Gasteiger partial charge in [-0.2, -0.15) is 0 Å². The minimum Gasteiger partial charge on any atom is -0.494 e. The van der Waals surface area contributed by atoms with Gasteiger partial charge in [0.15, 0.2) is 0 Å². The Kier molecular flexibility index (Phi) is 6.77. The quantitative estimate of drug-likeness (QED) is 0.717. The zero-order chi connectivity index (χ0) is 14.9. The number of thiophene rings is 1. The molecule has 0 bridgehead atoms. The van der Waals surface area contributed by atoms with Gasteiger partial charge in [-0.05, 0) is 48.5 Å². The molecule has 1 unspecified atom stereocenters. The van der Waals surface area contributed by atoms with Gasteiger partial charge in [0, 0.05) is 17.3 Å². The summed E-state index contributed by atoms with van der Waals surface area (Å²) in [5, 5.41) is 5.80. The summed E-state index contributed by atoms with van der Waals surface area (Å²) in [6, 6.07) is 13.2. The molecule has 114 valence electrons. The Morgan fingerprint density at radius 2 is 2.05 bits per heavy atom. The molecule has 1 atom stereocenters. The number of rotatable bonds is 9. The normalized spacial score (nSPS) is 12.3. The predicted octanol–water partition coefficient (Wildman–Crippen LogP) is 4.82. The molecule has 0 spiro atoms. The van der Waals surface area contributed by atoms with E-state index in [9.17, 15) is 0 Å². The highest BCUT2D eigenvalue weighted by Gasteiger charge is 2.13. The molecule has 1 N–H and O–H groups in total. The van der Waals surface area contributed by atoms with Crippen LogP contribution >= 0.6 is 11.3 Å². The van der Waals surface area contributed by atoms with Gasteiger partial charge in [0.25, 0.3) is 0 Å². The van der Waals surface area contributed by atoms with Crippen LogP contribution in [0.4, 0.5) is 0 Å². The molecule has 3 heteroatoms. The Hall–Kier alpha value is -1.32. The maximum Gasteiger partial charge on any atom is 0.119 e. The van der Waals surface area contributed by atoms with Crippen LogP contribution in [-0.2, 0) is 6.42 Å². The molecular weight excluding hydrogens is 278 g/mol. The van der Waals surface area contributed by atoms with Gasteiger partial charge in [0.1, 0.15) is 5.75 Å². The van der Waals surface area contributed by atoms with Crippen molar-refractivity contribution in [3.8, 4) is 5.75 Å². The molecule has 2 rings (SSSR count). The van der Waals surface area contributed by atoms with Crippen molar-refractivity contribution in [2.45, 2.75) is 39.2 Å². The topological polar surface area (TPSA) is 21.3 Å². The van der Waals surface area contributed by atoms with Crippen LogP contribution in [0.3, 0.4) is 0 Å². The Bertz CT molecular complexity index is 510. The minimum atomic E-state index is 0.355. The van der Waals surface area contributed by atoms with E-state index in [2.05, 4.69) is 54.9 Å². The lowest BCUT2D eigenvalue weighted by molar-refractivity contribution is 0.316. The first-order chi connectivity index (χ1) is 10.3. The molecule has 0 saturated carbocycles. The van der Waals surface area contributed by atoms with Crippen molar-refractivity contribution in [2.24, 2.45) is 0 Å². The summed E-state index contributed by atoms with van der Waals surface area (Å²) < 4.78 is 5.76. The Balaban J connectivity index is 2.11. The van der Waals surface area contributed by atoms with Gasteiger partial charge >= 0.3 is 0 Å². The molecule has 21 heavy (non-hydrogen) atoms. The second kappa shape index (κ2) is 8.85. The zero-order valence-electron chi connectivity index (χ0n) is 13.0. The van der Waals surface area contributed by atoms with Crippen LogP contribution in [0.2, 0.25) is 0 Å². The van der Waals surface area contributed by atoms with E-state index in [0.29, 0.717) is 6.04 Å². The van der Waals surface area contributed by atoms with Gasteiger partial charge in [-0.15, -0.1) is 11.3 Å². The van der Waals surface area contributed by atoms with Crippen LogP contribution in [0.15, 0.2) is 41.8 Å². The molecule has 2 aromatic rings. The van der Waals surface area contributed by atoms with Gasteiger partial charge in [-0.25, -0.2) is 0 Å². The van der Waals surface area contributed by atoms with Gasteiger partial charge in [-0.1, -0.05) is 32.0 Å². The molecule has 0 saturated heterocycles. The van der Waals surface area contributed by atoms with E-state index in [1.54, 1.807) is 0 Å². The fourth-order valence-electron chi connectivity index (χ4n) is 2.30. The van der Waals surface area contributed by atoms with Crippen LogP contribution < -0.4 is 10.1 Å². The van der Waals surface area contributed by atoms with Gasteiger partial charge in [-0.3, -0.25) is 0 Å². The Morgan fingerprint density at radius 1 is 1.14 bits per heavy atom. The number of nitrogens with one attached hydrogen (secondary N) is 1. The molecule has 2 nitrogen and oxygen atoms in total. The average Bonchev–Trinajstić information content (AvgIpc) is 3.02. The molecule has 0 amide bonds. The van der Waals surface area contributed by atoms with E-state index in [-0.39, 0.29) is 0 Å². The standard InChI is InChI=1S/C18H25NOS/c1-3-10-19-18(14-17-9-6-12-21-17)15-7-5-8-16(13-15)20-11-4-2/h5-9,12-13,18-19H,3-4,10-11,14H2,1-2H3. The molecule has 0 fully saturated rings. The van der Waals surface area contributed by atoms with E-state index >= 15 is 0 Å². The summed E-state index contributed by atoms with van der Waals surface area (Å²) >= 11 is 1.83. The highest BCUT2D eigenvalue weighted by atomic mass is 32.1. The SMILES string of the molecule is CCCNC(Cc1cccs1)c1cccc(OCCC)c1. The maximum atomic E-state index is 5.76. The summed E-state index contributed by atoms with van der Waals surface area (Å²) in [7, 11) is 0. The fraction of sp³-hybridized carbons (Fsp3) is 0.444. The second-order valence-corrected chi connectivity index (χ2v) is 6.24. The van der Waals surface area contributed by atoms with Crippen molar-refractivity contribution in [1.82, 2.24) is 5.32 Å². The van der Waals surface area contributed by atoms with Gasteiger partial charge < -0.3 is 10.1 Å². The number of benzene rings is 1. The third-order valence-electron chi connectivity index (χ3n) is 3.36. The van der Waals surface area contributed by atoms with Gasteiger partial charge in [0.05, 0.1) is 6.61 Å². The van der Waals surface area contributed by atoms with Gasteiger partial charge in [0.2, 0.25) is 0 Å². The average molecular weight is 303 g/mol. The van der Waals surface area contributed by atoms with Crippen LogP contribution in [0, 0.1) is 0 Å². The highest BCUT2D eigenvalue weighted by molar-refractivity contribution is 7.09. The van der Waals surface area contributed by atoms with Crippen LogP contribution in [0.5, 0.6) is 5.75 Å². The van der Waals surface area contributed by atoms with E-state index < -0.39 is 0 Å². The van der Waals surface area contributed by atoms with Crippen LogP contribution in [0.1, 0.15) is 43.2 Å². The van der Waals surface area contributed by atoms with E-state index in [1.165, 1.54) is 10.4 Å². The Morgan fingerprint density at radius 3 is 2.76 bits per heavy atom. The second-order valence-electron chi connectivity index (χ2n) is 5.21. The fourth-order valence-corrected chi connectivity index (χ4v) is 3.05. The lowest BCUT2D eigenvalue weighted by Gasteiger charge is -2.19. The molecule has 1 aromatic carbocycles. The summed E-state index contributed by atoms with van der Waals surface area (Å²) in [6.45, 7) is 6.15. The largest absolute Gasteiger partial charge is 0.494 e. The highest BCUT2D eigenvalue weighted by Crippen LogP contribution is 2.24. The number of hydrogen-bond acceptors (Lipinski definition) is 3. The van der Waals surface area contributed by atoms with Crippen molar-refractivity contribution < 1.29 is 4.74 Å². The van der Waals surface area contributed by atoms with Crippen molar-refractivity contribution >= 4 is 11.3 Å². The lowest BCUT2D eigenvalue weighted by atomic mass is 10.0. The molecule has 1 aromatic heterocycles. The third-order valence-corrected chi connectivity index (χ3v) is 4.26. The first-order valence-electron chi connectivity index (χ1n) is 7.82. The first-order valence-corrected chi connectivity index (χ1v) is 8.70. The molecule has 0 aliphatic rings. The third kappa shape index (κ3) is 5.18. The first kappa shape index (κ1) is 16.1. The number of ether oxygens (including phenoxy) is 1. The van der Waals surface area contributed by atoms with Crippen LogP contribution in [-0.4, -0.2) is 13.2 Å². The smallest absolute Gasteiger partial charge is 0.119 e. The monoisotopic (exact) mass is 303 g/mol. The predicted molar refractivity (Wildman–Crippen MR) is 91.3 cm³/mol. The van der Waals surface area contributed by atoms with E-state index in [4.69, 9.17) is 4.74 Å². The molecule has 0 aliphatic heterocycles. The van der Waals surface area contributed by atoms with Crippen molar-refractivity contribution in [1.29, 1.82) is 0 Å². The van der Waals surface area contributed by atoms with Crippen molar-refractivity contribution in [3.63, 3.8) is 0 Å². The number of hydrogen-bond donors (Lipinski definition) is 1.